The highest BCUT2D eigenvalue weighted by Gasteiger charge is 2.39. The van der Waals surface area contributed by atoms with Crippen LogP contribution in [0.2, 0.25) is 0 Å². The molecule has 0 spiro atoms. The molecule has 1 N–H and O–H groups in total. The number of aromatic nitrogens is 2. The molecular formula is C18H21N3O2. The van der Waals surface area contributed by atoms with Crippen LogP contribution in [0, 0.1) is 5.92 Å². The number of ether oxygens (including phenoxy) is 2. The Bertz CT molecular complexity index is 646. The van der Waals surface area contributed by atoms with Gasteiger partial charge in [0.1, 0.15) is 18.1 Å². The lowest BCUT2D eigenvalue weighted by Gasteiger charge is -2.27. The molecule has 2 aromatic rings. The third kappa shape index (κ3) is 3.62. The number of hydrogen-bond donors (Lipinski definition) is 1. The van der Waals surface area contributed by atoms with Gasteiger partial charge in [-0.15, -0.1) is 0 Å². The first-order valence-electron chi connectivity index (χ1n) is 8.22. The average molecular weight is 311 g/mol. The third-order valence-electron chi connectivity index (χ3n) is 4.56. The van der Waals surface area contributed by atoms with Gasteiger partial charge in [-0.2, -0.15) is 0 Å². The van der Waals surface area contributed by atoms with E-state index < -0.39 is 0 Å². The highest BCUT2D eigenvalue weighted by molar-refractivity contribution is 5.30. The van der Waals surface area contributed by atoms with Crippen LogP contribution in [-0.2, 0) is 0 Å². The molecule has 4 rings (SSSR count). The molecule has 5 nitrogen and oxygen atoms in total. The Morgan fingerprint density at radius 1 is 1.09 bits per heavy atom. The first kappa shape index (κ1) is 14.5. The number of rotatable bonds is 7. The molecule has 2 aliphatic rings. The zero-order valence-electron chi connectivity index (χ0n) is 13.0. The Morgan fingerprint density at radius 3 is 2.74 bits per heavy atom. The lowest BCUT2D eigenvalue weighted by molar-refractivity contribution is 0.216. The second kappa shape index (κ2) is 6.54. The summed E-state index contributed by atoms with van der Waals surface area (Å²) in [7, 11) is 0. The third-order valence-corrected chi connectivity index (χ3v) is 4.56. The first-order valence-corrected chi connectivity index (χ1v) is 8.22. The lowest BCUT2D eigenvalue weighted by atomic mass is 10.1. The van der Waals surface area contributed by atoms with Crippen LogP contribution in [-0.4, -0.2) is 35.8 Å². The Morgan fingerprint density at radius 2 is 1.96 bits per heavy atom. The topological polar surface area (TPSA) is 56.3 Å². The van der Waals surface area contributed by atoms with Crippen LogP contribution in [0.1, 0.15) is 24.3 Å². The second-order valence-electron chi connectivity index (χ2n) is 6.31. The maximum atomic E-state index is 5.83. The summed E-state index contributed by atoms with van der Waals surface area (Å²) in [5.74, 6) is 2.79. The molecule has 0 bridgehead atoms. The monoisotopic (exact) mass is 311 g/mol. The van der Waals surface area contributed by atoms with Gasteiger partial charge < -0.3 is 14.8 Å². The van der Waals surface area contributed by atoms with E-state index in [1.807, 2.05) is 18.3 Å². The SMILES string of the molecule is c1cncc(OC[C@@H]2C[C@@H]2c2cncc(OC[C@@H]3CCN3)c2)c1. The number of pyridine rings is 2. The van der Waals surface area contributed by atoms with Gasteiger partial charge in [0.25, 0.3) is 0 Å². The molecule has 2 fully saturated rings. The predicted molar refractivity (Wildman–Crippen MR) is 86.7 cm³/mol. The minimum absolute atomic E-state index is 0.500. The van der Waals surface area contributed by atoms with Crippen LogP contribution in [0.15, 0.2) is 43.0 Å². The number of nitrogens with one attached hydrogen (secondary N) is 1. The first-order chi connectivity index (χ1) is 11.4. The van der Waals surface area contributed by atoms with Crippen LogP contribution in [0.25, 0.3) is 0 Å². The molecule has 2 aromatic heterocycles. The van der Waals surface area contributed by atoms with Crippen molar-refractivity contribution in [2.75, 3.05) is 19.8 Å². The molecule has 23 heavy (non-hydrogen) atoms. The van der Waals surface area contributed by atoms with Crippen LogP contribution < -0.4 is 14.8 Å². The molecular weight excluding hydrogens is 290 g/mol. The van der Waals surface area contributed by atoms with Crippen molar-refractivity contribution in [2.24, 2.45) is 5.92 Å². The Kier molecular flexibility index (Phi) is 4.11. The molecule has 1 saturated carbocycles. The summed E-state index contributed by atoms with van der Waals surface area (Å²) in [6, 6.07) is 6.46. The minimum Gasteiger partial charge on any atom is -0.492 e. The molecule has 0 unspecified atom stereocenters. The van der Waals surface area contributed by atoms with Gasteiger partial charge in [-0.25, -0.2) is 0 Å². The molecule has 0 amide bonds. The van der Waals surface area contributed by atoms with Crippen LogP contribution >= 0.6 is 0 Å². The smallest absolute Gasteiger partial charge is 0.137 e. The molecule has 3 atom stereocenters. The van der Waals surface area contributed by atoms with E-state index in [-0.39, 0.29) is 0 Å². The zero-order valence-corrected chi connectivity index (χ0v) is 13.0. The van der Waals surface area contributed by atoms with Crippen molar-refractivity contribution in [1.82, 2.24) is 15.3 Å². The zero-order chi connectivity index (χ0) is 15.5. The van der Waals surface area contributed by atoms with Gasteiger partial charge in [-0.1, -0.05) is 0 Å². The molecule has 1 aliphatic carbocycles. The van der Waals surface area contributed by atoms with Crippen LogP contribution in [0.5, 0.6) is 11.5 Å². The average Bonchev–Trinajstić information content (AvgIpc) is 3.33. The van der Waals surface area contributed by atoms with E-state index in [2.05, 4.69) is 21.4 Å². The summed E-state index contributed by atoms with van der Waals surface area (Å²) >= 11 is 0. The van der Waals surface area contributed by atoms with Gasteiger partial charge in [0.15, 0.2) is 0 Å². The Hall–Kier alpha value is -2.14. The van der Waals surface area contributed by atoms with Gasteiger partial charge >= 0.3 is 0 Å². The highest BCUT2D eigenvalue weighted by Crippen LogP contribution is 2.47. The lowest BCUT2D eigenvalue weighted by Crippen LogP contribution is -2.46. The fraction of sp³-hybridized carbons (Fsp3) is 0.444. The molecule has 120 valence electrons. The van der Waals surface area contributed by atoms with Crippen molar-refractivity contribution in [3.05, 3.63) is 48.5 Å². The van der Waals surface area contributed by atoms with E-state index in [9.17, 15) is 0 Å². The van der Waals surface area contributed by atoms with Crippen molar-refractivity contribution in [3.63, 3.8) is 0 Å². The maximum Gasteiger partial charge on any atom is 0.137 e. The summed E-state index contributed by atoms with van der Waals surface area (Å²) in [6.45, 7) is 2.56. The van der Waals surface area contributed by atoms with E-state index in [4.69, 9.17) is 9.47 Å². The molecule has 5 heteroatoms. The molecule has 0 radical (unpaired) electrons. The fourth-order valence-electron chi connectivity index (χ4n) is 2.88. The summed E-state index contributed by atoms with van der Waals surface area (Å²) in [4.78, 5) is 8.39. The number of nitrogens with zero attached hydrogens (tertiary/aromatic N) is 2. The fourth-order valence-corrected chi connectivity index (χ4v) is 2.88. The minimum atomic E-state index is 0.500. The molecule has 1 aliphatic heterocycles. The highest BCUT2D eigenvalue weighted by atomic mass is 16.5. The second-order valence-corrected chi connectivity index (χ2v) is 6.31. The summed E-state index contributed by atoms with van der Waals surface area (Å²) in [6.07, 6.45) is 9.60. The largest absolute Gasteiger partial charge is 0.492 e. The summed E-state index contributed by atoms with van der Waals surface area (Å²) in [5.41, 5.74) is 1.25. The van der Waals surface area contributed by atoms with Gasteiger partial charge in [0.05, 0.1) is 19.0 Å². The predicted octanol–water partition coefficient (Wildman–Crippen LogP) is 2.40. The van der Waals surface area contributed by atoms with E-state index in [0.717, 1.165) is 37.7 Å². The number of hydrogen-bond acceptors (Lipinski definition) is 5. The van der Waals surface area contributed by atoms with Crippen molar-refractivity contribution in [1.29, 1.82) is 0 Å². The normalized spacial score (nSPS) is 25.5. The summed E-state index contributed by atoms with van der Waals surface area (Å²) < 4.78 is 11.6. The van der Waals surface area contributed by atoms with Gasteiger partial charge in [0, 0.05) is 24.4 Å². The van der Waals surface area contributed by atoms with Crippen molar-refractivity contribution < 1.29 is 9.47 Å². The van der Waals surface area contributed by atoms with E-state index in [1.54, 1.807) is 18.6 Å². The Labute approximate surface area is 136 Å². The van der Waals surface area contributed by atoms with E-state index in [0.29, 0.717) is 17.9 Å². The van der Waals surface area contributed by atoms with E-state index in [1.165, 1.54) is 12.0 Å². The summed E-state index contributed by atoms with van der Waals surface area (Å²) in [5, 5.41) is 3.34. The molecule has 1 saturated heterocycles. The van der Waals surface area contributed by atoms with Crippen molar-refractivity contribution in [3.8, 4) is 11.5 Å². The van der Waals surface area contributed by atoms with Gasteiger partial charge in [0.2, 0.25) is 0 Å². The molecule has 0 aromatic carbocycles. The van der Waals surface area contributed by atoms with E-state index >= 15 is 0 Å². The van der Waals surface area contributed by atoms with Gasteiger partial charge in [-0.05, 0) is 49.1 Å². The quantitative estimate of drug-likeness (QED) is 0.851. The van der Waals surface area contributed by atoms with Crippen LogP contribution in [0.4, 0.5) is 0 Å². The maximum absolute atomic E-state index is 5.83. The Balaban J connectivity index is 1.29. The van der Waals surface area contributed by atoms with Gasteiger partial charge in [-0.3, -0.25) is 9.97 Å². The standard InChI is InChI=1S/C18H21N3O2/c1-2-16(9-19-4-1)22-11-14-7-18(14)13-6-17(10-20-8-13)23-12-15-3-5-21-15/h1-2,4,6,8-10,14-15,18,21H,3,5,7,11-12H2/t14-,15-,18+/m0/s1. The molecule has 3 heterocycles. The van der Waals surface area contributed by atoms with Crippen molar-refractivity contribution in [2.45, 2.75) is 24.8 Å². The van der Waals surface area contributed by atoms with Crippen molar-refractivity contribution >= 4 is 0 Å². The van der Waals surface area contributed by atoms with Crippen LogP contribution in [0.3, 0.4) is 0 Å².